The third-order valence-electron chi connectivity index (χ3n) is 4.33. The monoisotopic (exact) mass is 395 g/mol. The van der Waals surface area contributed by atoms with Gasteiger partial charge in [0, 0.05) is 19.4 Å². The normalized spacial score (nSPS) is 12.8. The van der Waals surface area contributed by atoms with Crippen LogP contribution in [0.15, 0.2) is 54.6 Å². The average Bonchev–Trinajstić information content (AvgIpc) is 2.65. The second-order valence-electron chi connectivity index (χ2n) is 6.63. The molecule has 0 aliphatic heterocycles. The molecule has 2 rings (SSSR count). The second-order valence-corrected chi connectivity index (χ2v) is 6.63. The van der Waals surface area contributed by atoms with E-state index in [-0.39, 0.29) is 12.5 Å². The van der Waals surface area contributed by atoms with Crippen LogP contribution in [0.1, 0.15) is 36.5 Å². The fourth-order valence-electron chi connectivity index (χ4n) is 2.80. The molecule has 0 aromatic heterocycles. The molecule has 0 unspecified atom stereocenters. The Kier molecular flexibility index (Phi) is 7.87. The molecule has 0 radical (unpaired) electrons. The highest BCUT2D eigenvalue weighted by molar-refractivity contribution is 5.66. The summed E-state index contributed by atoms with van der Waals surface area (Å²) < 4.78 is 44.1. The van der Waals surface area contributed by atoms with Crippen LogP contribution in [0.3, 0.4) is 0 Å². The summed E-state index contributed by atoms with van der Waals surface area (Å²) >= 11 is 0. The van der Waals surface area contributed by atoms with Crippen molar-refractivity contribution in [3.63, 3.8) is 0 Å². The van der Waals surface area contributed by atoms with Crippen LogP contribution in [-0.4, -0.2) is 36.1 Å². The molecule has 0 heterocycles. The Balaban J connectivity index is 2.01. The Hall–Kier alpha value is -2.54. The first-order chi connectivity index (χ1) is 13.3. The number of carbonyl (C=O) groups is 1. The Morgan fingerprint density at radius 3 is 2.29 bits per heavy atom. The molecule has 0 aliphatic rings. The first-order valence-corrected chi connectivity index (χ1v) is 9.05. The number of carboxylic acids is 1. The van der Waals surface area contributed by atoms with Gasteiger partial charge in [0.05, 0.1) is 5.56 Å². The van der Waals surface area contributed by atoms with Gasteiger partial charge in [0.1, 0.15) is 11.9 Å². The predicted molar refractivity (Wildman–Crippen MR) is 100 cm³/mol. The maximum absolute atomic E-state index is 12.7. The lowest BCUT2D eigenvalue weighted by molar-refractivity contribution is -0.138. The summed E-state index contributed by atoms with van der Waals surface area (Å²) in [6.07, 6.45) is -3.40. The molecule has 0 saturated carbocycles. The minimum Gasteiger partial charge on any atom is -0.486 e. The van der Waals surface area contributed by atoms with Crippen LogP contribution in [0.5, 0.6) is 5.75 Å². The molecule has 0 bridgehead atoms. The zero-order valence-corrected chi connectivity index (χ0v) is 15.7. The number of hydrogen-bond acceptors (Lipinski definition) is 3. The van der Waals surface area contributed by atoms with Gasteiger partial charge >= 0.3 is 12.1 Å². The molecule has 1 N–H and O–H groups in total. The minimum absolute atomic E-state index is 0.120. The van der Waals surface area contributed by atoms with Gasteiger partial charge < -0.3 is 14.7 Å². The molecule has 7 heteroatoms. The number of carboxylic acid groups (broad SMARTS) is 1. The van der Waals surface area contributed by atoms with Gasteiger partial charge in [0.25, 0.3) is 0 Å². The smallest absolute Gasteiger partial charge is 0.416 e. The molecule has 4 nitrogen and oxygen atoms in total. The van der Waals surface area contributed by atoms with Crippen LogP contribution in [0.2, 0.25) is 0 Å². The van der Waals surface area contributed by atoms with Crippen LogP contribution in [0.25, 0.3) is 0 Å². The van der Waals surface area contributed by atoms with Gasteiger partial charge in [0.2, 0.25) is 0 Å². The highest BCUT2D eigenvalue weighted by atomic mass is 19.4. The maximum Gasteiger partial charge on any atom is 0.416 e. The molecule has 0 saturated heterocycles. The predicted octanol–water partition coefficient (Wildman–Crippen LogP) is 5.01. The first kappa shape index (κ1) is 21.8. The standard InChI is InChI=1S/C21H24F3NO3/c1-25(14-5-8-20(26)27)15-13-19(16-6-3-2-4-7-16)28-18-11-9-17(10-12-18)21(22,23)24/h2-4,6-7,9-12,19H,5,8,13-15H2,1H3,(H,26,27)/t19-/m1/s1. The van der Waals surface area contributed by atoms with Crippen molar-refractivity contribution in [2.45, 2.75) is 31.5 Å². The van der Waals surface area contributed by atoms with E-state index in [9.17, 15) is 18.0 Å². The van der Waals surface area contributed by atoms with E-state index in [0.717, 1.165) is 17.7 Å². The SMILES string of the molecule is CN(CCCC(=O)O)CC[C@@H](Oc1ccc(C(F)(F)F)cc1)c1ccccc1. The van der Waals surface area contributed by atoms with E-state index in [1.165, 1.54) is 12.1 Å². The first-order valence-electron chi connectivity index (χ1n) is 9.05. The lowest BCUT2D eigenvalue weighted by atomic mass is 10.1. The van der Waals surface area contributed by atoms with Gasteiger partial charge in [-0.2, -0.15) is 13.2 Å². The fraction of sp³-hybridized carbons (Fsp3) is 0.381. The van der Waals surface area contributed by atoms with E-state index in [1.807, 2.05) is 42.3 Å². The lowest BCUT2D eigenvalue weighted by Crippen LogP contribution is -2.24. The quantitative estimate of drug-likeness (QED) is 0.614. The molecule has 0 fully saturated rings. The van der Waals surface area contributed by atoms with E-state index < -0.39 is 17.7 Å². The summed E-state index contributed by atoms with van der Waals surface area (Å²) in [5.74, 6) is -0.448. The Labute approximate surface area is 162 Å². The number of alkyl halides is 3. The molecule has 0 aliphatic carbocycles. The van der Waals surface area contributed by atoms with Gasteiger partial charge in [-0.05, 0) is 49.8 Å². The number of ether oxygens (including phenoxy) is 1. The summed E-state index contributed by atoms with van der Waals surface area (Å²) in [7, 11) is 1.90. The molecule has 0 spiro atoms. The zero-order chi connectivity index (χ0) is 20.6. The summed E-state index contributed by atoms with van der Waals surface area (Å²) in [5, 5.41) is 8.72. The molecular weight excluding hydrogens is 371 g/mol. The topological polar surface area (TPSA) is 49.8 Å². The zero-order valence-electron chi connectivity index (χ0n) is 15.7. The number of halogens is 3. The van der Waals surface area contributed by atoms with Crippen molar-refractivity contribution < 1.29 is 27.8 Å². The Bertz CT molecular complexity index is 733. The van der Waals surface area contributed by atoms with Crippen LogP contribution < -0.4 is 4.74 Å². The van der Waals surface area contributed by atoms with Gasteiger partial charge in [-0.3, -0.25) is 4.79 Å². The molecule has 0 amide bonds. The Morgan fingerprint density at radius 1 is 1.07 bits per heavy atom. The van der Waals surface area contributed by atoms with E-state index in [0.29, 0.717) is 31.7 Å². The van der Waals surface area contributed by atoms with E-state index in [1.54, 1.807) is 0 Å². The summed E-state index contributed by atoms with van der Waals surface area (Å²) in [5.41, 5.74) is 0.218. The van der Waals surface area contributed by atoms with E-state index >= 15 is 0 Å². The Morgan fingerprint density at radius 2 is 1.71 bits per heavy atom. The lowest BCUT2D eigenvalue weighted by Gasteiger charge is -2.23. The van der Waals surface area contributed by atoms with E-state index in [2.05, 4.69) is 0 Å². The van der Waals surface area contributed by atoms with Crippen molar-refractivity contribution >= 4 is 5.97 Å². The van der Waals surface area contributed by atoms with Gasteiger partial charge in [-0.25, -0.2) is 0 Å². The third-order valence-corrected chi connectivity index (χ3v) is 4.33. The average molecular weight is 395 g/mol. The molecular formula is C21H24F3NO3. The number of benzene rings is 2. The van der Waals surface area contributed by atoms with Crippen LogP contribution in [0.4, 0.5) is 13.2 Å². The van der Waals surface area contributed by atoms with Crippen LogP contribution in [0, 0.1) is 0 Å². The van der Waals surface area contributed by atoms with Crippen LogP contribution >= 0.6 is 0 Å². The second kappa shape index (κ2) is 10.1. The maximum atomic E-state index is 12.7. The number of hydrogen-bond donors (Lipinski definition) is 1. The van der Waals surface area contributed by atoms with Gasteiger partial charge in [-0.1, -0.05) is 30.3 Å². The highest BCUT2D eigenvalue weighted by Gasteiger charge is 2.30. The van der Waals surface area contributed by atoms with Crippen molar-refractivity contribution in [3.8, 4) is 5.75 Å². The summed E-state index contributed by atoms with van der Waals surface area (Å²) in [4.78, 5) is 12.6. The highest BCUT2D eigenvalue weighted by Crippen LogP contribution is 2.32. The van der Waals surface area contributed by atoms with Crippen molar-refractivity contribution in [3.05, 3.63) is 65.7 Å². The van der Waals surface area contributed by atoms with Gasteiger partial charge in [-0.15, -0.1) is 0 Å². The number of rotatable bonds is 10. The van der Waals surface area contributed by atoms with Crippen LogP contribution in [-0.2, 0) is 11.0 Å². The molecule has 2 aromatic rings. The molecule has 1 atom stereocenters. The molecule has 152 valence electrons. The van der Waals surface area contributed by atoms with Crippen molar-refractivity contribution in [1.29, 1.82) is 0 Å². The molecule has 28 heavy (non-hydrogen) atoms. The number of aliphatic carboxylic acids is 1. The minimum atomic E-state index is -4.38. The van der Waals surface area contributed by atoms with Crippen molar-refractivity contribution in [2.75, 3.05) is 20.1 Å². The summed E-state index contributed by atoms with van der Waals surface area (Å²) in [6.45, 7) is 1.31. The van der Waals surface area contributed by atoms with Crippen molar-refractivity contribution in [2.24, 2.45) is 0 Å². The van der Waals surface area contributed by atoms with E-state index in [4.69, 9.17) is 9.84 Å². The fourth-order valence-corrected chi connectivity index (χ4v) is 2.80. The molecule has 2 aromatic carbocycles. The number of nitrogens with zero attached hydrogens (tertiary/aromatic N) is 1. The third kappa shape index (κ3) is 7.23. The summed E-state index contributed by atoms with van der Waals surface area (Å²) in [6, 6.07) is 14.2. The largest absolute Gasteiger partial charge is 0.486 e. The van der Waals surface area contributed by atoms with Gasteiger partial charge in [0.15, 0.2) is 0 Å². The van der Waals surface area contributed by atoms with Crippen molar-refractivity contribution in [1.82, 2.24) is 4.90 Å².